The molecule has 6 nitrogen and oxygen atoms in total. The summed E-state index contributed by atoms with van der Waals surface area (Å²) in [6.07, 6.45) is 9.51. The van der Waals surface area contributed by atoms with Gasteiger partial charge < -0.3 is 15.4 Å². The van der Waals surface area contributed by atoms with Gasteiger partial charge in [-0.2, -0.15) is 4.98 Å². The second-order valence-corrected chi connectivity index (χ2v) is 8.42. The number of nitrogens with zero attached hydrogens (tertiary/aromatic N) is 4. The number of aliphatic hydroxyl groups is 1. The molecule has 2 aromatic rings. The molecular formula is C18H30Cl3N5O. The Morgan fingerprint density at radius 2 is 1.93 bits per heavy atom. The first-order valence-electron chi connectivity index (χ1n) is 9.21. The van der Waals surface area contributed by atoms with E-state index in [0.717, 1.165) is 24.9 Å². The fourth-order valence-electron chi connectivity index (χ4n) is 3.16. The molecule has 3 N–H and O–H groups in total. The minimum atomic E-state index is -0.519. The molecule has 0 radical (unpaired) electrons. The van der Waals surface area contributed by atoms with E-state index in [1.54, 1.807) is 6.33 Å². The van der Waals surface area contributed by atoms with E-state index in [1.165, 1.54) is 25.7 Å². The van der Waals surface area contributed by atoms with Crippen molar-refractivity contribution in [3.8, 4) is 0 Å². The van der Waals surface area contributed by atoms with Crippen molar-refractivity contribution in [2.45, 2.75) is 83.4 Å². The highest BCUT2D eigenvalue weighted by Gasteiger charge is 2.21. The SMILES string of the molecule is CC(N)CCCC(C)(C)O.Cl.Clc1nc(Cl)c2ncn(C3CCCC3)c2n1. The van der Waals surface area contributed by atoms with Gasteiger partial charge in [-0.1, -0.05) is 24.4 Å². The van der Waals surface area contributed by atoms with Crippen LogP contribution in [-0.4, -0.2) is 36.3 Å². The summed E-state index contributed by atoms with van der Waals surface area (Å²) in [5, 5.41) is 9.79. The largest absolute Gasteiger partial charge is 0.390 e. The average molecular weight is 439 g/mol. The van der Waals surface area contributed by atoms with Crippen LogP contribution in [0.2, 0.25) is 10.4 Å². The maximum atomic E-state index is 9.29. The van der Waals surface area contributed by atoms with Crippen LogP contribution in [-0.2, 0) is 0 Å². The summed E-state index contributed by atoms with van der Waals surface area (Å²) in [5.41, 5.74) is 6.41. The lowest BCUT2D eigenvalue weighted by molar-refractivity contribution is 0.0678. The van der Waals surface area contributed by atoms with Crippen molar-refractivity contribution in [3.05, 3.63) is 16.8 Å². The number of fused-ring (bicyclic) bond motifs is 1. The maximum Gasteiger partial charge on any atom is 0.225 e. The fraction of sp³-hybridized carbons (Fsp3) is 0.722. The Bertz CT molecular complexity index is 709. The van der Waals surface area contributed by atoms with Gasteiger partial charge >= 0.3 is 0 Å². The number of halogens is 3. The highest BCUT2D eigenvalue weighted by molar-refractivity contribution is 6.35. The van der Waals surface area contributed by atoms with E-state index in [0.29, 0.717) is 16.7 Å². The quantitative estimate of drug-likeness (QED) is 0.509. The Morgan fingerprint density at radius 3 is 2.48 bits per heavy atom. The Hall–Kier alpha value is -0.660. The molecule has 9 heteroatoms. The fourth-order valence-corrected chi connectivity index (χ4v) is 3.58. The lowest BCUT2D eigenvalue weighted by atomic mass is 10.0. The molecule has 0 spiro atoms. The molecule has 1 fully saturated rings. The van der Waals surface area contributed by atoms with Crippen molar-refractivity contribution < 1.29 is 5.11 Å². The van der Waals surface area contributed by atoms with Crippen LogP contribution in [0, 0.1) is 0 Å². The van der Waals surface area contributed by atoms with Gasteiger partial charge in [0, 0.05) is 12.1 Å². The van der Waals surface area contributed by atoms with Crippen molar-refractivity contribution in [2.24, 2.45) is 5.73 Å². The van der Waals surface area contributed by atoms with Crippen LogP contribution in [0.3, 0.4) is 0 Å². The predicted molar refractivity (Wildman–Crippen MR) is 114 cm³/mol. The topological polar surface area (TPSA) is 89.9 Å². The van der Waals surface area contributed by atoms with E-state index in [9.17, 15) is 5.11 Å². The molecule has 0 saturated heterocycles. The number of aromatic nitrogens is 4. The van der Waals surface area contributed by atoms with Crippen molar-refractivity contribution in [3.63, 3.8) is 0 Å². The zero-order valence-corrected chi connectivity index (χ0v) is 18.5. The summed E-state index contributed by atoms with van der Waals surface area (Å²) in [5.74, 6) is 0. The zero-order valence-electron chi connectivity index (χ0n) is 16.2. The normalized spacial score (nSPS) is 16.0. The van der Waals surface area contributed by atoms with Crippen LogP contribution >= 0.6 is 35.6 Å². The minimum absolute atomic E-state index is 0. The van der Waals surface area contributed by atoms with Gasteiger partial charge in [0.15, 0.2) is 10.8 Å². The third-order valence-corrected chi connectivity index (χ3v) is 4.95. The standard InChI is InChI=1S/C10H10Cl2N4.C8H19NO.ClH/c11-8-7-9(15-10(12)14-8)16(5-13-7)6-3-1-2-4-6;1-7(9)5-4-6-8(2,3)10;/h5-6H,1-4H2;7,10H,4-6,9H2,1-3H3;1H. The van der Waals surface area contributed by atoms with Gasteiger partial charge in [0.2, 0.25) is 5.28 Å². The number of imidazole rings is 1. The predicted octanol–water partition coefficient (Wildman–Crippen LogP) is 4.94. The smallest absolute Gasteiger partial charge is 0.225 e. The molecule has 0 aliphatic heterocycles. The van der Waals surface area contributed by atoms with Crippen LogP contribution in [0.4, 0.5) is 0 Å². The molecule has 2 aromatic heterocycles. The summed E-state index contributed by atoms with van der Waals surface area (Å²) in [6, 6.07) is 0.745. The first-order chi connectivity index (χ1) is 12.2. The van der Waals surface area contributed by atoms with Crippen LogP contribution < -0.4 is 5.73 Å². The van der Waals surface area contributed by atoms with Crippen LogP contribution in [0.1, 0.15) is 71.8 Å². The summed E-state index contributed by atoms with van der Waals surface area (Å²) in [6.45, 7) is 5.65. The van der Waals surface area contributed by atoms with E-state index < -0.39 is 5.60 Å². The molecule has 1 aliphatic carbocycles. The summed E-state index contributed by atoms with van der Waals surface area (Å²) >= 11 is 11.8. The van der Waals surface area contributed by atoms with Gasteiger partial charge in [-0.3, -0.25) is 0 Å². The Morgan fingerprint density at radius 1 is 1.30 bits per heavy atom. The molecule has 0 bridgehead atoms. The van der Waals surface area contributed by atoms with Crippen LogP contribution in [0.25, 0.3) is 11.2 Å². The number of hydrogen-bond acceptors (Lipinski definition) is 5. The molecule has 27 heavy (non-hydrogen) atoms. The van der Waals surface area contributed by atoms with Crippen LogP contribution in [0.15, 0.2) is 6.33 Å². The minimum Gasteiger partial charge on any atom is -0.390 e. The van der Waals surface area contributed by atoms with Gasteiger partial charge in [-0.15, -0.1) is 12.4 Å². The maximum absolute atomic E-state index is 9.29. The van der Waals surface area contributed by atoms with E-state index in [4.69, 9.17) is 28.9 Å². The number of nitrogens with two attached hydrogens (primary N) is 1. The van der Waals surface area contributed by atoms with Gasteiger partial charge in [0.05, 0.1) is 11.9 Å². The Labute approximate surface area is 177 Å². The van der Waals surface area contributed by atoms with Crippen molar-refractivity contribution in [1.29, 1.82) is 0 Å². The highest BCUT2D eigenvalue weighted by Crippen LogP contribution is 2.32. The number of rotatable bonds is 5. The lowest BCUT2D eigenvalue weighted by Crippen LogP contribution is -2.20. The molecule has 1 saturated carbocycles. The average Bonchev–Trinajstić information content (AvgIpc) is 3.14. The third-order valence-electron chi connectivity index (χ3n) is 4.52. The molecule has 154 valence electrons. The lowest BCUT2D eigenvalue weighted by Gasteiger charge is -2.16. The molecule has 2 heterocycles. The van der Waals surface area contributed by atoms with Gasteiger partial charge in [-0.05, 0) is 64.5 Å². The van der Waals surface area contributed by atoms with Crippen molar-refractivity contribution in [2.75, 3.05) is 0 Å². The second kappa shape index (κ2) is 10.8. The van der Waals surface area contributed by atoms with E-state index in [1.807, 2.05) is 20.8 Å². The Kier molecular flexibility index (Phi) is 9.72. The number of hydrogen-bond donors (Lipinski definition) is 2. The third kappa shape index (κ3) is 7.70. The van der Waals surface area contributed by atoms with Gasteiger partial charge in [0.25, 0.3) is 0 Å². The highest BCUT2D eigenvalue weighted by atomic mass is 35.5. The first kappa shape index (κ1) is 24.4. The van der Waals surface area contributed by atoms with Crippen LogP contribution in [0.5, 0.6) is 0 Å². The van der Waals surface area contributed by atoms with E-state index >= 15 is 0 Å². The summed E-state index contributed by atoms with van der Waals surface area (Å²) < 4.78 is 2.07. The summed E-state index contributed by atoms with van der Waals surface area (Å²) in [4.78, 5) is 12.3. The van der Waals surface area contributed by atoms with Gasteiger partial charge in [-0.25, -0.2) is 9.97 Å². The van der Waals surface area contributed by atoms with Gasteiger partial charge in [0.1, 0.15) is 5.52 Å². The second-order valence-electron chi connectivity index (χ2n) is 7.73. The molecule has 3 rings (SSSR count). The Balaban J connectivity index is 0.000000292. The molecule has 0 aromatic carbocycles. The van der Waals surface area contributed by atoms with E-state index in [2.05, 4.69) is 19.5 Å². The molecule has 1 unspecified atom stereocenters. The van der Waals surface area contributed by atoms with E-state index in [-0.39, 0.29) is 23.7 Å². The van der Waals surface area contributed by atoms with Crippen molar-refractivity contribution in [1.82, 2.24) is 19.5 Å². The molecule has 1 aliphatic rings. The zero-order chi connectivity index (χ0) is 19.3. The molecule has 0 amide bonds. The monoisotopic (exact) mass is 437 g/mol. The van der Waals surface area contributed by atoms with Crippen molar-refractivity contribution >= 4 is 46.8 Å². The first-order valence-corrected chi connectivity index (χ1v) is 9.96. The summed E-state index contributed by atoms with van der Waals surface area (Å²) in [7, 11) is 0. The molecule has 1 atom stereocenters. The molecular weight excluding hydrogens is 409 g/mol.